The van der Waals surface area contributed by atoms with Gasteiger partial charge < -0.3 is 10.6 Å². The van der Waals surface area contributed by atoms with Crippen LogP contribution in [0.1, 0.15) is 30.3 Å². The van der Waals surface area contributed by atoms with Crippen molar-refractivity contribution in [2.24, 2.45) is 7.05 Å². The van der Waals surface area contributed by atoms with Gasteiger partial charge in [0.05, 0.1) is 17.8 Å². The van der Waals surface area contributed by atoms with E-state index in [4.69, 9.17) is 0 Å². The fourth-order valence-corrected chi connectivity index (χ4v) is 2.67. The van der Waals surface area contributed by atoms with Gasteiger partial charge in [-0.2, -0.15) is 18.3 Å². The molecule has 0 aliphatic carbocycles. The van der Waals surface area contributed by atoms with E-state index >= 15 is 0 Å². The van der Waals surface area contributed by atoms with Gasteiger partial charge in [0.25, 0.3) is 0 Å². The molecule has 1 amide bonds. The largest absolute Gasteiger partial charge is 0.435 e. The molecule has 0 unspecified atom stereocenters. The van der Waals surface area contributed by atoms with Gasteiger partial charge in [-0.25, -0.2) is 0 Å². The van der Waals surface area contributed by atoms with Crippen molar-refractivity contribution in [1.29, 1.82) is 0 Å². The fourth-order valence-electron chi connectivity index (χ4n) is 2.67. The molecule has 24 heavy (non-hydrogen) atoms. The van der Waals surface area contributed by atoms with Crippen LogP contribution in [0.15, 0.2) is 24.4 Å². The minimum atomic E-state index is -4.53. The number of aryl methyl sites for hydroxylation is 1. The van der Waals surface area contributed by atoms with Crippen molar-refractivity contribution in [1.82, 2.24) is 25.3 Å². The van der Waals surface area contributed by atoms with Gasteiger partial charge in [0.15, 0.2) is 5.69 Å². The van der Waals surface area contributed by atoms with Crippen LogP contribution in [0, 0.1) is 0 Å². The van der Waals surface area contributed by atoms with Crippen molar-refractivity contribution in [3.63, 3.8) is 0 Å². The third-order valence-corrected chi connectivity index (χ3v) is 3.87. The van der Waals surface area contributed by atoms with E-state index < -0.39 is 11.9 Å². The highest BCUT2D eigenvalue weighted by Gasteiger charge is 2.34. The van der Waals surface area contributed by atoms with E-state index in [9.17, 15) is 18.0 Å². The van der Waals surface area contributed by atoms with Crippen LogP contribution < -0.4 is 10.6 Å². The highest BCUT2D eigenvalue weighted by molar-refractivity contribution is 5.77. The van der Waals surface area contributed by atoms with E-state index in [0.29, 0.717) is 12.8 Å². The Hall–Kier alpha value is -2.65. The maximum Gasteiger partial charge on any atom is 0.435 e. The predicted octanol–water partition coefficient (Wildman–Crippen LogP) is 1.66. The smallest absolute Gasteiger partial charge is 0.363 e. The number of hydrogen-bond acceptors (Lipinski definition) is 5. The Bertz CT molecular complexity index is 727. The molecule has 2 aromatic heterocycles. The van der Waals surface area contributed by atoms with Crippen molar-refractivity contribution >= 4 is 11.7 Å². The lowest BCUT2D eigenvalue weighted by atomic mass is 9.95. The third kappa shape index (κ3) is 3.31. The molecule has 0 saturated carbocycles. The fraction of sp³-hybridized carbons (Fsp3) is 0.429. The average Bonchev–Trinajstić information content (AvgIpc) is 2.95. The van der Waals surface area contributed by atoms with Gasteiger partial charge in [0.2, 0.25) is 5.91 Å². The molecule has 10 heteroatoms. The van der Waals surface area contributed by atoms with Crippen molar-refractivity contribution in [3.05, 3.63) is 35.8 Å². The summed E-state index contributed by atoms with van der Waals surface area (Å²) in [6.07, 6.45) is -2.07. The van der Waals surface area contributed by atoms with Gasteiger partial charge in [-0.3, -0.25) is 9.48 Å². The lowest BCUT2D eigenvalue weighted by Gasteiger charge is -2.33. The molecule has 3 rings (SSSR count). The molecule has 128 valence electrons. The van der Waals surface area contributed by atoms with Crippen LogP contribution in [-0.4, -0.2) is 31.9 Å². The molecule has 1 saturated heterocycles. The Morgan fingerprint density at radius 3 is 2.67 bits per heavy atom. The lowest BCUT2D eigenvalue weighted by Crippen LogP contribution is -2.46. The maximum absolute atomic E-state index is 12.5. The Morgan fingerprint density at radius 1 is 1.29 bits per heavy atom. The molecule has 2 atom stereocenters. The molecule has 1 fully saturated rings. The number of carbonyl (C=O) groups excluding carboxylic acids is 1. The van der Waals surface area contributed by atoms with Gasteiger partial charge in [0, 0.05) is 19.7 Å². The van der Waals surface area contributed by atoms with Gasteiger partial charge in [-0.05, 0) is 24.6 Å². The minimum Gasteiger partial charge on any atom is -0.363 e. The summed E-state index contributed by atoms with van der Waals surface area (Å²) in [6.45, 7) is 0. The first-order valence-corrected chi connectivity index (χ1v) is 7.29. The molecule has 0 spiro atoms. The third-order valence-electron chi connectivity index (χ3n) is 3.87. The predicted molar refractivity (Wildman–Crippen MR) is 77.8 cm³/mol. The molecule has 0 bridgehead atoms. The van der Waals surface area contributed by atoms with Crippen LogP contribution in [0.25, 0.3) is 0 Å². The molecule has 2 N–H and O–H groups in total. The monoisotopic (exact) mass is 340 g/mol. The SMILES string of the molecule is Cn1nccc1[C@@H]1NC(=O)CC[C@H]1Nc1ccc(C(F)(F)F)nn1. The zero-order valence-corrected chi connectivity index (χ0v) is 12.7. The standard InChI is InChI=1S/C14H15F3N6O/c1-23-9(6-7-18-23)13-8(2-5-12(24)20-13)19-11-4-3-10(21-22-11)14(15,16)17/h3-4,6-8,13H,2,5H2,1H3,(H,19,22)(H,20,24)/t8-,13-/m1/s1. The van der Waals surface area contributed by atoms with Gasteiger partial charge in [-0.15, -0.1) is 10.2 Å². The molecule has 0 radical (unpaired) electrons. The number of halogens is 3. The van der Waals surface area contributed by atoms with Crippen LogP contribution in [0.4, 0.5) is 19.0 Å². The summed E-state index contributed by atoms with van der Waals surface area (Å²) < 4.78 is 39.2. The Kier molecular flexibility index (Phi) is 4.12. The zero-order chi connectivity index (χ0) is 17.3. The summed E-state index contributed by atoms with van der Waals surface area (Å²) in [5, 5.41) is 16.8. The van der Waals surface area contributed by atoms with Crippen molar-refractivity contribution < 1.29 is 18.0 Å². The average molecular weight is 340 g/mol. The van der Waals surface area contributed by atoms with Gasteiger partial charge >= 0.3 is 6.18 Å². The number of nitrogens with one attached hydrogen (secondary N) is 2. The van der Waals surface area contributed by atoms with Crippen LogP contribution in [0.2, 0.25) is 0 Å². The van der Waals surface area contributed by atoms with E-state index in [1.165, 1.54) is 6.07 Å². The first-order chi connectivity index (χ1) is 11.3. The summed E-state index contributed by atoms with van der Waals surface area (Å²) >= 11 is 0. The molecule has 3 heterocycles. The summed E-state index contributed by atoms with van der Waals surface area (Å²) in [5.41, 5.74) is -0.256. The van der Waals surface area contributed by atoms with Gasteiger partial charge in [0.1, 0.15) is 5.82 Å². The minimum absolute atomic E-state index is 0.0854. The number of nitrogens with zero attached hydrogens (tertiary/aromatic N) is 4. The number of carbonyl (C=O) groups is 1. The van der Waals surface area contributed by atoms with E-state index in [1.54, 1.807) is 24.0 Å². The molecule has 7 nitrogen and oxygen atoms in total. The van der Waals surface area contributed by atoms with Crippen LogP contribution in [-0.2, 0) is 18.0 Å². The number of rotatable bonds is 3. The number of amides is 1. The molecular formula is C14H15F3N6O. The molecule has 1 aliphatic rings. The number of alkyl halides is 3. The highest BCUT2D eigenvalue weighted by Crippen LogP contribution is 2.29. The molecule has 0 aromatic carbocycles. The summed E-state index contributed by atoms with van der Waals surface area (Å²) in [7, 11) is 1.76. The van der Waals surface area contributed by atoms with Crippen molar-refractivity contribution in [2.75, 3.05) is 5.32 Å². The van der Waals surface area contributed by atoms with Crippen LogP contribution in [0.5, 0.6) is 0 Å². The topological polar surface area (TPSA) is 84.7 Å². The van der Waals surface area contributed by atoms with E-state index in [1.807, 2.05) is 0 Å². The Balaban J connectivity index is 1.79. The first-order valence-electron chi connectivity index (χ1n) is 7.29. The lowest BCUT2D eigenvalue weighted by molar-refractivity contribution is -0.141. The van der Waals surface area contributed by atoms with Crippen LogP contribution >= 0.6 is 0 Å². The Labute approximate surface area is 135 Å². The van der Waals surface area contributed by atoms with Crippen LogP contribution in [0.3, 0.4) is 0 Å². The molecular weight excluding hydrogens is 325 g/mol. The quantitative estimate of drug-likeness (QED) is 0.888. The second-order valence-electron chi connectivity index (χ2n) is 5.52. The van der Waals surface area contributed by atoms with Gasteiger partial charge in [-0.1, -0.05) is 0 Å². The van der Waals surface area contributed by atoms with Crippen molar-refractivity contribution in [2.45, 2.75) is 31.1 Å². The molecule has 1 aliphatic heterocycles. The normalized spacial score (nSPS) is 21.4. The molecule has 2 aromatic rings. The first kappa shape index (κ1) is 16.2. The Morgan fingerprint density at radius 2 is 2.08 bits per heavy atom. The van der Waals surface area contributed by atoms with E-state index in [-0.39, 0.29) is 23.8 Å². The summed E-state index contributed by atoms with van der Waals surface area (Å²) in [4.78, 5) is 11.7. The summed E-state index contributed by atoms with van der Waals surface area (Å²) in [6, 6.07) is 3.29. The summed E-state index contributed by atoms with van der Waals surface area (Å²) in [5.74, 6) is 0.133. The zero-order valence-electron chi connectivity index (χ0n) is 12.7. The number of aromatic nitrogens is 4. The second kappa shape index (κ2) is 6.10. The van der Waals surface area contributed by atoms with E-state index in [2.05, 4.69) is 25.9 Å². The second-order valence-corrected chi connectivity index (χ2v) is 5.52. The number of anilines is 1. The van der Waals surface area contributed by atoms with E-state index in [0.717, 1.165) is 11.8 Å². The number of piperidine rings is 1. The maximum atomic E-state index is 12.5. The number of hydrogen-bond donors (Lipinski definition) is 2. The van der Waals surface area contributed by atoms with Crippen molar-refractivity contribution in [3.8, 4) is 0 Å². The highest BCUT2D eigenvalue weighted by atomic mass is 19.4.